The summed E-state index contributed by atoms with van der Waals surface area (Å²) in [4.78, 5) is 19.9. The quantitative estimate of drug-likeness (QED) is 0.609. The van der Waals surface area contributed by atoms with Crippen LogP contribution in [0.5, 0.6) is 23.1 Å². The molecule has 2 heterocycles. The van der Waals surface area contributed by atoms with Gasteiger partial charge in [0.05, 0.1) is 19.3 Å². The van der Waals surface area contributed by atoms with Gasteiger partial charge in [-0.1, -0.05) is 18.2 Å². The minimum Gasteiger partial charge on any atom is -0.493 e. The zero-order valence-electron chi connectivity index (χ0n) is 14.5. The van der Waals surface area contributed by atoms with Gasteiger partial charge in [-0.2, -0.15) is 4.98 Å². The Morgan fingerprint density at radius 3 is 2.85 bits per heavy atom. The van der Waals surface area contributed by atoms with Crippen LogP contribution in [0.1, 0.15) is 18.1 Å². The molecule has 132 valence electrons. The van der Waals surface area contributed by atoms with Gasteiger partial charge in [-0.05, 0) is 36.8 Å². The third kappa shape index (κ3) is 2.79. The molecule has 0 atom stereocenters. The van der Waals surface area contributed by atoms with E-state index in [2.05, 4.69) is 9.97 Å². The van der Waals surface area contributed by atoms with Crippen LogP contribution in [0, 0.1) is 0 Å². The molecule has 0 saturated carbocycles. The van der Waals surface area contributed by atoms with Crippen molar-refractivity contribution in [3.63, 3.8) is 0 Å². The molecule has 0 unspecified atom stereocenters. The molecule has 0 aliphatic carbocycles. The molecule has 1 aliphatic heterocycles. The topological polar surface area (TPSA) is 73.4 Å². The lowest BCUT2D eigenvalue weighted by Gasteiger charge is -2.19. The summed E-state index contributed by atoms with van der Waals surface area (Å²) in [5.41, 5.74) is 2.02. The normalized spacial score (nSPS) is 11.9. The number of ether oxygens (including phenoxy) is 3. The largest absolute Gasteiger partial charge is 0.493 e. The average molecular weight is 350 g/mol. The number of hydrogen-bond acceptors (Lipinski definition) is 5. The number of methoxy groups -OCH3 is 1. The Morgan fingerprint density at radius 2 is 2.04 bits per heavy atom. The van der Waals surface area contributed by atoms with E-state index < -0.39 is 0 Å². The summed E-state index contributed by atoms with van der Waals surface area (Å²) in [6.07, 6.45) is 0.501. The van der Waals surface area contributed by atoms with E-state index in [-0.39, 0.29) is 5.56 Å². The van der Waals surface area contributed by atoms with E-state index in [1.165, 1.54) is 0 Å². The summed E-state index contributed by atoms with van der Waals surface area (Å²) >= 11 is 0. The molecule has 0 amide bonds. The van der Waals surface area contributed by atoms with Gasteiger partial charge < -0.3 is 19.2 Å². The van der Waals surface area contributed by atoms with Crippen molar-refractivity contribution in [2.24, 2.45) is 0 Å². The van der Waals surface area contributed by atoms with Crippen molar-refractivity contribution in [2.75, 3.05) is 13.7 Å². The fourth-order valence-corrected chi connectivity index (χ4v) is 2.99. The van der Waals surface area contributed by atoms with E-state index >= 15 is 0 Å². The van der Waals surface area contributed by atoms with Crippen molar-refractivity contribution in [2.45, 2.75) is 13.3 Å². The highest BCUT2D eigenvalue weighted by Crippen LogP contribution is 2.35. The van der Waals surface area contributed by atoms with Crippen LogP contribution in [0.25, 0.3) is 11.4 Å². The van der Waals surface area contributed by atoms with Gasteiger partial charge in [0.15, 0.2) is 11.5 Å². The summed E-state index contributed by atoms with van der Waals surface area (Å²) in [6.45, 7) is 2.45. The molecular weight excluding hydrogens is 332 g/mol. The predicted molar refractivity (Wildman–Crippen MR) is 97.3 cm³/mol. The first-order valence-corrected chi connectivity index (χ1v) is 8.39. The van der Waals surface area contributed by atoms with Gasteiger partial charge >= 0.3 is 0 Å². The molecule has 0 radical (unpaired) electrons. The molecular formula is C20H18N2O4. The monoisotopic (exact) mass is 350 g/mol. The lowest BCUT2D eigenvalue weighted by molar-refractivity contribution is 0.311. The van der Waals surface area contributed by atoms with Crippen LogP contribution in [-0.2, 0) is 6.42 Å². The molecule has 4 rings (SSSR count). The number of nitrogens with one attached hydrogen (secondary N) is 1. The maximum atomic E-state index is 12.6. The molecule has 0 saturated heterocycles. The predicted octanol–water partition coefficient (Wildman–Crippen LogP) is 3.54. The van der Waals surface area contributed by atoms with Crippen molar-refractivity contribution in [1.29, 1.82) is 0 Å². The van der Waals surface area contributed by atoms with E-state index in [1.807, 2.05) is 37.3 Å². The van der Waals surface area contributed by atoms with Crippen LogP contribution in [-0.4, -0.2) is 23.7 Å². The first kappa shape index (κ1) is 16.2. The molecule has 26 heavy (non-hydrogen) atoms. The second-order valence-electron chi connectivity index (χ2n) is 5.88. The molecule has 0 fully saturated rings. The van der Waals surface area contributed by atoms with Crippen LogP contribution in [0.2, 0.25) is 0 Å². The third-order valence-electron chi connectivity index (χ3n) is 4.26. The number of rotatable bonds is 4. The van der Waals surface area contributed by atoms with Gasteiger partial charge in [0.1, 0.15) is 11.6 Å². The van der Waals surface area contributed by atoms with Gasteiger partial charge in [0.25, 0.3) is 5.56 Å². The van der Waals surface area contributed by atoms with E-state index in [4.69, 9.17) is 14.2 Å². The van der Waals surface area contributed by atoms with Crippen LogP contribution in [0.15, 0.2) is 47.3 Å². The second-order valence-corrected chi connectivity index (χ2v) is 5.88. The van der Waals surface area contributed by atoms with Crippen molar-refractivity contribution in [1.82, 2.24) is 9.97 Å². The Labute approximate surface area is 150 Å². The van der Waals surface area contributed by atoms with Gasteiger partial charge in [0, 0.05) is 12.0 Å². The molecule has 0 bridgehead atoms. The van der Waals surface area contributed by atoms with E-state index in [0.29, 0.717) is 47.4 Å². The van der Waals surface area contributed by atoms with Crippen molar-refractivity contribution >= 4 is 0 Å². The molecule has 6 nitrogen and oxygen atoms in total. The van der Waals surface area contributed by atoms with E-state index in [1.54, 1.807) is 19.2 Å². The number of nitrogens with zero attached hydrogens (tertiary/aromatic N) is 1. The molecule has 3 aromatic rings. The fraction of sp³-hybridized carbons (Fsp3) is 0.200. The molecule has 1 aromatic heterocycles. The Morgan fingerprint density at radius 1 is 1.19 bits per heavy atom. The van der Waals surface area contributed by atoms with Gasteiger partial charge in [-0.15, -0.1) is 0 Å². The number of H-pyrrole nitrogens is 1. The van der Waals surface area contributed by atoms with Crippen molar-refractivity contribution < 1.29 is 14.2 Å². The van der Waals surface area contributed by atoms with Gasteiger partial charge in [-0.3, -0.25) is 4.79 Å². The Bertz CT molecular complexity index is 1030. The maximum absolute atomic E-state index is 12.6. The third-order valence-corrected chi connectivity index (χ3v) is 4.26. The highest BCUT2D eigenvalue weighted by atomic mass is 16.5. The van der Waals surface area contributed by atoms with Gasteiger partial charge in [-0.25, -0.2) is 0 Å². The number of benzene rings is 2. The van der Waals surface area contributed by atoms with Crippen LogP contribution < -0.4 is 19.8 Å². The lowest BCUT2D eigenvalue weighted by atomic mass is 10.0. The first-order valence-electron chi connectivity index (χ1n) is 8.39. The molecule has 6 heteroatoms. The SMILES string of the molecule is CCOc1ccc(-c2nc3c(c(=O)[nH]2)Cc2ccccc2O3)cc1OC. The summed E-state index contributed by atoms with van der Waals surface area (Å²) in [6, 6.07) is 13.1. The standard InChI is InChI=1S/C20H18N2O4/c1-3-25-16-9-8-13(11-17(16)24-2)18-21-19(23)14-10-12-6-4-5-7-15(12)26-20(14)22-18/h4-9,11H,3,10H2,1-2H3,(H,21,22,23). The molecule has 0 spiro atoms. The zero-order valence-corrected chi connectivity index (χ0v) is 14.5. The Balaban J connectivity index is 1.76. The Kier molecular flexibility index (Phi) is 4.08. The highest BCUT2D eigenvalue weighted by Gasteiger charge is 2.22. The minimum absolute atomic E-state index is 0.202. The van der Waals surface area contributed by atoms with E-state index in [9.17, 15) is 4.79 Å². The first-order chi connectivity index (χ1) is 12.7. The van der Waals surface area contributed by atoms with Crippen LogP contribution in [0.3, 0.4) is 0 Å². The zero-order chi connectivity index (χ0) is 18.1. The summed E-state index contributed by atoms with van der Waals surface area (Å²) in [7, 11) is 1.57. The van der Waals surface area contributed by atoms with Crippen LogP contribution >= 0.6 is 0 Å². The molecule has 1 aliphatic rings. The summed E-state index contributed by atoms with van der Waals surface area (Å²) in [5.74, 6) is 2.72. The highest BCUT2D eigenvalue weighted by molar-refractivity contribution is 5.62. The number of hydrogen-bond donors (Lipinski definition) is 1. The summed E-state index contributed by atoms with van der Waals surface area (Å²) in [5, 5.41) is 0. The number of para-hydroxylation sites is 1. The average Bonchev–Trinajstić information content (AvgIpc) is 2.67. The van der Waals surface area contributed by atoms with Gasteiger partial charge in [0.2, 0.25) is 5.88 Å². The number of aromatic nitrogens is 2. The smallest absolute Gasteiger partial charge is 0.258 e. The van der Waals surface area contributed by atoms with E-state index in [0.717, 1.165) is 11.3 Å². The fourth-order valence-electron chi connectivity index (χ4n) is 2.99. The Hall–Kier alpha value is -3.28. The van der Waals surface area contributed by atoms with Crippen molar-refractivity contribution in [3.05, 3.63) is 63.9 Å². The van der Waals surface area contributed by atoms with Crippen molar-refractivity contribution in [3.8, 4) is 34.5 Å². The maximum Gasteiger partial charge on any atom is 0.258 e. The van der Waals surface area contributed by atoms with Crippen LogP contribution in [0.4, 0.5) is 0 Å². The molecule has 1 N–H and O–H groups in total. The lowest BCUT2D eigenvalue weighted by Crippen LogP contribution is -2.20. The number of fused-ring (bicyclic) bond motifs is 2. The number of aromatic amines is 1. The summed E-state index contributed by atoms with van der Waals surface area (Å²) < 4.78 is 16.8. The molecule has 2 aromatic carbocycles. The minimum atomic E-state index is -0.202. The second kappa shape index (κ2) is 6.55.